The molecule has 2 nitrogen and oxygen atoms in total. The molecule has 144 valence electrons. The molecule has 28 heavy (non-hydrogen) atoms. The summed E-state index contributed by atoms with van der Waals surface area (Å²) in [5, 5.41) is 11.4. The van der Waals surface area contributed by atoms with Gasteiger partial charge in [0.1, 0.15) is 17.2 Å². The Morgan fingerprint density at radius 3 is 2.46 bits per heavy atom. The number of rotatable bonds is 5. The maximum absolute atomic E-state index is 14.1. The third-order valence-corrected chi connectivity index (χ3v) is 5.48. The molecule has 0 bridgehead atoms. The van der Waals surface area contributed by atoms with Gasteiger partial charge in [0, 0.05) is 26.1 Å². The van der Waals surface area contributed by atoms with Crippen molar-refractivity contribution in [3.8, 4) is 0 Å². The molecule has 1 heterocycles. The molecule has 4 rings (SSSR count). The van der Waals surface area contributed by atoms with E-state index in [1.54, 1.807) is 0 Å². The molecule has 4 heteroatoms. The summed E-state index contributed by atoms with van der Waals surface area (Å²) in [6.07, 6.45) is 0.864. The summed E-state index contributed by atoms with van der Waals surface area (Å²) >= 11 is 0. The minimum absolute atomic E-state index is 0.251. The highest BCUT2D eigenvalue weighted by Crippen LogP contribution is 2.35. The number of likely N-dealkylation sites (tertiary alicyclic amines) is 1. The molecule has 0 aliphatic carbocycles. The smallest absolute Gasteiger partial charge is 0.126 e. The molecular weight excluding hydrogens is 356 g/mol. The van der Waals surface area contributed by atoms with Crippen molar-refractivity contribution in [3.63, 3.8) is 0 Å². The lowest BCUT2D eigenvalue weighted by molar-refractivity contribution is 0.0445. The molecule has 3 aromatic carbocycles. The highest BCUT2D eigenvalue weighted by atomic mass is 19.1. The van der Waals surface area contributed by atoms with E-state index in [0.717, 1.165) is 36.3 Å². The Labute approximate surface area is 164 Å². The Morgan fingerprint density at radius 1 is 0.893 bits per heavy atom. The summed E-state index contributed by atoms with van der Waals surface area (Å²) in [7, 11) is 0. The number of β-amino-alcohol motifs (C(OH)–C–C–N with tert-alkyl or cyclic N) is 1. The SMILES string of the molecule is OC1(c2ccccc2Cc2cc(F)ccc2F)CCN(Cc2ccccc2)C1. The van der Waals surface area contributed by atoms with E-state index >= 15 is 0 Å². The first-order valence-electron chi connectivity index (χ1n) is 9.54. The van der Waals surface area contributed by atoms with Crippen LogP contribution in [0.2, 0.25) is 0 Å². The first-order valence-corrected chi connectivity index (χ1v) is 9.54. The normalized spacial score (nSPS) is 19.8. The average molecular weight is 379 g/mol. The van der Waals surface area contributed by atoms with E-state index in [0.29, 0.717) is 18.5 Å². The van der Waals surface area contributed by atoms with Crippen LogP contribution in [-0.2, 0) is 18.6 Å². The van der Waals surface area contributed by atoms with Crippen LogP contribution in [0.5, 0.6) is 0 Å². The molecule has 1 atom stereocenters. The van der Waals surface area contributed by atoms with Crippen LogP contribution in [0.25, 0.3) is 0 Å². The zero-order valence-electron chi connectivity index (χ0n) is 15.6. The third kappa shape index (κ3) is 3.98. The second-order valence-electron chi connectivity index (χ2n) is 7.55. The quantitative estimate of drug-likeness (QED) is 0.698. The van der Waals surface area contributed by atoms with Crippen LogP contribution in [0.15, 0.2) is 72.8 Å². The maximum atomic E-state index is 14.1. The van der Waals surface area contributed by atoms with Crippen molar-refractivity contribution in [1.82, 2.24) is 4.90 Å². The molecule has 0 spiro atoms. The maximum Gasteiger partial charge on any atom is 0.126 e. The van der Waals surface area contributed by atoms with Gasteiger partial charge in [0.2, 0.25) is 0 Å². The summed E-state index contributed by atoms with van der Waals surface area (Å²) in [4.78, 5) is 2.23. The Hall–Kier alpha value is -2.56. The number of hydrogen-bond acceptors (Lipinski definition) is 2. The largest absolute Gasteiger partial charge is 0.384 e. The van der Waals surface area contributed by atoms with Crippen molar-refractivity contribution >= 4 is 0 Å². The lowest BCUT2D eigenvalue weighted by Gasteiger charge is -2.27. The summed E-state index contributed by atoms with van der Waals surface area (Å²) < 4.78 is 27.7. The van der Waals surface area contributed by atoms with Gasteiger partial charge < -0.3 is 5.11 Å². The van der Waals surface area contributed by atoms with Crippen LogP contribution in [0, 0.1) is 11.6 Å². The van der Waals surface area contributed by atoms with Gasteiger partial charge in [-0.05, 0) is 46.9 Å². The Balaban J connectivity index is 1.57. The summed E-state index contributed by atoms with van der Waals surface area (Å²) in [5.41, 5.74) is 2.15. The second-order valence-corrected chi connectivity index (χ2v) is 7.55. The highest BCUT2D eigenvalue weighted by Gasteiger charge is 2.38. The van der Waals surface area contributed by atoms with Crippen molar-refractivity contribution < 1.29 is 13.9 Å². The van der Waals surface area contributed by atoms with Crippen LogP contribution in [0.3, 0.4) is 0 Å². The van der Waals surface area contributed by atoms with Crippen LogP contribution in [0.4, 0.5) is 8.78 Å². The van der Waals surface area contributed by atoms with E-state index in [-0.39, 0.29) is 6.42 Å². The van der Waals surface area contributed by atoms with Gasteiger partial charge in [-0.15, -0.1) is 0 Å². The van der Waals surface area contributed by atoms with Gasteiger partial charge in [0.15, 0.2) is 0 Å². The monoisotopic (exact) mass is 379 g/mol. The lowest BCUT2D eigenvalue weighted by Crippen LogP contribution is -2.31. The van der Waals surface area contributed by atoms with Gasteiger partial charge in [-0.1, -0.05) is 54.6 Å². The van der Waals surface area contributed by atoms with E-state index in [1.807, 2.05) is 42.5 Å². The van der Waals surface area contributed by atoms with Crippen molar-refractivity contribution in [2.24, 2.45) is 0 Å². The van der Waals surface area contributed by atoms with E-state index < -0.39 is 17.2 Å². The van der Waals surface area contributed by atoms with Crippen LogP contribution in [0.1, 0.15) is 28.7 Å². The Kier molecular flexibility index (Phi) is 5.25. The van der Waals surface area contributed by atoms with E-state index in [9.17, 15) is 13.9 Å². The summed E-state index contributed by atoms with van der Waals surface area (Å²) in [5.74, 6) is -0.886. The summed E-state index contributed by atoms with van der Waals surface area (Å²) in [6, 6.07) is 21.2. The molecule has 0 amide bonds. The Bertz CT molecular complexity index is 960. The van der Waals surface area contributed by atoms with Crippen molar-refractivity contribution in [1.29, 1.82) is 0 Å². The lowest BCUT2D eigenvalue weighted by atomic mass is 9.86. The third-order valence-electron chi connectivity index (χ3n) is 5.48. The van der Waals surface area contributed by atoms with Crippen molar-refractivity contribution in [3.05, 3.63) is 107 Å². The molecule has 0 aromatic heterocycles. The number of hydrogen-bond donors (Lipinski definition) is 1. The van der Waals surface area contributed by atoms with Crippen LogP contribution >= 0.6 is 0 Å². The molecule has 1 fully saturated rings. The fourth-order valence-electron chi connectivity index (χ4n) is 4.08. The predicted octanol–water partition coefficient (Wildman–Crippen LogP) is 4.65. The first-order chi connectivity index (χ1) is 13.5. The highest BCUT2D eigenvalue weighted by molar-refractivity contribution is 5.38. The number of nitrogens with zero attached hydrogens (tertiary/aromatic N) is 1. The Morgan fingerprint density at radius 2 is 1.64 bits per heavy atom. The van der Waals surface area contributed by atoms with Gasteiger partial charge in [0.05, 0.1) is 0 Å². The molecule has 1 saturated heterocycles. The first kappa shape index (κ1) is 18.8. The fourth-order valence-corrected chi connectivity index (χ4v) is 4.08. The van der Waals surface area contributed by atoms with E-state index in [1.165, 1.54) is 11.6 Å². The van der Waals surface area contributed by atoms with Gasteiger partial charge in [-0.2, -0.15) is 0 Å². The minimum Gasteiger partial charge on any atom is -0.384 e. The molecule has 3 aromatic rings. The zero-order chi connectivity index (χ0) is 19.6. The van der Waals surface area contributed by atoms with Gasteiger partial charge in [0.25, 0.3) is 0 Å². The fraction of sp³-hybridized carbons (Fsp3) is 0.250. The minimum atomic E-state index is -0.991. The van der Waals surface area contributed by atoms with Crippen LogP contribution < -0.4 is 0 Å². The number of benzene rings is 3. The van der Waals surface area contributed by atoms with Crippen molar-refractivity contribution in [2.75, 3.05) is 13.1 Å². The predicted molar refractivity (Wildman–Crippen MR) is 106 cm³/mol. The van der Waals surface area contributed by atoms with Crippen molar-refractivity contribution in [2.45, 2.75) is 25.0 Å². The second kappa shape index (κ2) is 7.82. The zero-order valence-corrected chi connectivity index (χ0v) is 15.6. The molecule has 1 aliphatic heterocycles. The molecule has 1 N–H and O–H groups in total. The standard InChI is InChI=1S/C24H23F2NO/c25-21-10-11-23(26)20(15-21)14-19-8-4-5-9-22(19)24(28)12-13-27(17-24)16-18-6-2-1-3-7-18/h1-11,15,28H,12-14,16-17H2. The van der Waals surface area contributed by atoms with Gasteiger partial charge in [-0.25, -0.2) is 8.78 Å². The molecule has 1 unspecified atom stereocenters. The molecule has 0 radical (unpaired) electrons. The van der Waals surface area contributed by atoms with Gasteiger partial charge in [-0.3, -0.25) is 4.90 Å². The average Bonchev–Trinajstić information content (AvgIpc) is 3.07. The molecular formula is C24H23F2NO. The van der Waals surface area contributed by atoms with Gasteiger partial charge >= 0.3 is 0 Å². The summed E-state index contributed by atoms with van der Waals surface area (Å²) in [6.45, 7) is 2.09. The molecule has 1 aliphatic rings. The topological polar surface area (TPSA) is 23.5 Å². The van der Waals surface area contributed by atoms with E-state index in [2.05, 4.69) is 17.0 Å². The number of aliphatic hydroxyl groups is 1. The van der Waals surface area contributed by atoms with Crippen LogP contribution in [-0.4, -0.2) is 23.1 Å². The van der Waals surface area contributed by atoms with E-state index in [4.69, 9.17) is 0 Å². The number of halogens is 2. The molecule has 0 saturated carbocycles.